The standard InChI is InChI=1S/C24H21ClN2O2/c1-15(2)19-7-3-4-8-20(19)22-14-16-6-5-9-21(23(16)29-22)27-24(28)26-18-12-10-17(25)11-13-18/h3-15H,1-2H3,(H2,26,27,28). The summed E-state index contributed by atoms with van der Waals surface area (Å²) in [5, 5.41) is 7.22. The molecule has 4 aromatic rings. The van der Waals surface area contributed by atoms with Gasteiger partial charge < -0.3 is 15.1 Å². The molecule has 0 radical (unpaired) electrons. The quantitative estimate of drug-likeness (QED) is 0.369. The molecule has 0 saturated heterocycles. The van der Waals surface area contributed by atoms with Gasteiger partial charge in [-0.15, -0.1) is 0 Å². The van der Waals surface area contributed by atoms with E-state index in [1.807, 2.05) is 36.4 Å². The lowest BCUT2D eigenvalue weighted by Crippen LogP contribution is -2.19. The van der Waals surface area contributed by atoms with Gasteiger partial charge in [0.05, 0.1) is 5.69 Å². The number of para-hydroxylation sites is 1. The smallest absolute Gasteiger partial charge is 0.323 e. The second-order valence-corrected chi connectivity index (χ2v) is 7.60. The summed E-state index contributed by atoms with van der Waals surface area (Å²) in [5.41, 5.74) is 4.21. The Hall–Kier alpha value is -3.24. The van der Waals surface area contributed by atoms with Crippen LogP contribution in [-0.4, -0.2) is 6.03 Å². The second-order valence-electron chi connectivity index (χ2n) is 7.16. The Morgan fingerprint density at radius 2 is 1.69 bits per heavy atom. The van der Waals surface area contributed by atoms with E-state index in [4.69, 9.17) is 16.0 Å². The first-order valence-electron chi connectivity index (χ1n) is 9.46. The van der Waals surface area contributed by atoms with Crippen LogP contribution >= 0.6 is 11.6 Å². The Kier molecular flexibility index (Phi) is 5.28. The molecule has 0 aliphatic carbocycles. The number of fused-ring (bicyclic) bond motifs is 1. The molecule has 5 heteroatoms. The van der Waals surface area contributed by atoms with Gasteiger partial charge in [0.1, 0.15) is 5.76 Å². The number of rotatable bonds is 4. The van der Waals surface area contributed by atoms with E-state index in [-0.39, 0.29) is 6.03 Å². The van der Waals surface area contributed by atoms with Crippen LogP contribution in [0.5, 0.6) is 0 Å². The molecule has 0 aliphatic rings. The average molecular weight is 405 g/mol. The molecule has 0 saturated carbocycles. The SMILES string of the molecule is CC(C)c1ccccc1-c1cc2cccc(NC(=O)Nc3ccc(Cl)cc3)c2o1. The molecule has 1 aromatic heterocycles. The van der Waals surface area contributed by atoms with Gasteiger partial charge in [0.2, 0.25) is 0 Å². The maximum Gasteiger partial charge on any atom is 0.323 e. The fourth-order valence-electron chi connectivity index (χ4n) is 3.34. The Balaban J connectivity index is 1.63. The highest BCUT2D eigenvalue weighted by atomic mass is 35.5. The molecule has 0 aliphatic heterocycles. The monoisotopic (exact) mass is 404 g/mol. The molecule has 146 valence electrons. The predicted molar refractivity (Wildman–Crippen MR) is 120 cm³/mol. The summed E-state index contributed by atoms with van der Waals surface area (Å²) >= 11 is 5.89. The van der Waals surface area contributed by atoms with Gasteiger partial charge in [0.25, 0.3) is 0 Å². The average Bonchev–Trinajstić information content (AvgIpc) is 3.15. The number of halogens is 1. The van der Waals surface area contributed by atoms with E-state index in [0.717, 1.165) is 16.7 Å². The molecular formula is C24H21ClN2O2. The molecule has 0 unspecified atom stereocenters. The molecule has 4 nitrogen and oxygen atoms in total. The summed E-state index contributed by atoms with van der Waals surface area (Å²) in [7, 11) is 0. The molecule has 2 N–H and O–H groups in total. The number of carbonyl (C=O) groups is 1. The number of hydrogen-bond acceptors (Lipinski definition) is 2. The zero-order valence-corrected chi connectivity index (χ0v) is 17.0. The Morgan fingerprint density at radius 3 is 2.45 bits per heavy atom. The third kappa shape index (κ3) is 4.13. The van der Waals surface area contributed by atoms with E-state index in [1.165, 1.54) is 5.56 Å². The van der Waals surface area contributed by atoms with Gasteiger partial charge in [0, 0.05) is 21.7 Å². The first kappa shape index (κ1) is 19.1. The number of benzene rings is 3. The summed E-state index contributed by atoms with van der Waals surface area (Å²) in [4.78, 5) is 12.4. The van der Waals surface area contributed by atoms with Crippen molar-refractivity contribution in [3.05, 3.63) is 83.4 Å². The van der Waals surface area contributed by atoms with Crippen molar-refractivity contribution in [3.63, 3.8) is 0 Å². The van der Waals surface area contributed by atoms with Gasteiger partial charge in [-0.3, -0.25) is 0 Å². The lowest BCUT2D eigenvalue weighted by atomic mass is 9.96. The number of hydrogen-bond donors (Lipinski definition) is 2. The number of carbonyl (C=O) groups excluding carboxylic acids is 1. The van der Waals surface area contributed by atoms with Crippen LogP contribution in [0.15, 0.2) is 77.2 Å². The minimum absolute atomic E-state index is 0.347. The minimum atomic E-state index is -0.347. The molecular weight excluding hydrogens is 384 g/mol. The van der Waals surface area contributed by atoms with E-state index in [1.54, 1.807) is 24.3 Å². The Labute approximate surface area is 174 Å². The number of amides is 2. The summed E-state index contributed by atoms with van der Waals surface area (Å²) in [6.45, 7) is 4.32. The first-order chi connectivity index (χ1) is 14.0. The van der Waals surface area contributed by atoms with Crippen LogP contribution in [0.4, 0.5) is 16.2 Å². The Morgan fingerprint density at radius 1 is 0.931 bits per heavy atom. The van der Waals surface area contributed by atoms with Crippen LogP contribution in [-0.2, 0) is 0 Å². The molecule has 0 atom stereocenters. The fourth-order valence-corrected chi connectivity index (χ4v) is 3.46. The van der Waals surface area contributed by atoms with Crippen LogP contribution in [0, 0.1) is 0 Å². The zero-order valence-electron chi connectivity index (χ0n) is 16.2. The predicted octanol–water partition coefficient (Wildman–Crippen LogP) is 7.52. The van der Waals surface area contributed by atoms with E-state index >= 15 is 0 Å². The van der Waals surface area contributed by atoms with Crippen molar-refractivity contribution in [2.24, 2.45) is 0 Å². The van der Waals surface area contributed by atoms with Crippen molar-refractivity contribution in [2.45, 2.75) is 19.8 Å². The fraction of sp³-hybridized carbons (Fsp3) is 0.125. The van der Waals surface area contributed by atoms with E-state index in [2.05, 4.69) is 36.6 Å². The summed E-state index contributed by atoms with van der Waals surface area (Å²) in [5.74, 6) is 1.17. The van der Waals surface area contributed by atoms with Crippen LogP contribution in [0.3, 0.4) is 0 Å². The maximum absolute atomic E-state index is 12.4. The highest BCUT2D eigenvalue weighted by Crippen LogP contribution is 2.35. The maximum atomic E-state index is 12.4. The zero-order chi connectivity index (χ0) is 20.4. The molecule has 0 bridgehead atoms. The third-order valence-electron chi connectivity index (χ3n) is 4.74. The number of furan rings is 1. The molecule has 3 aromatic carbocycles. The molecule has 29 heavy (non-hydrogen) atoms. The van der Waals surface area contributed by atoms with Crippen molar-refractivity contribution >= 4 is 40.0 Å². The van der Waals surface area contributed by atoms with Crippen LogP contribution < -0.4 is 10.6 Å². The van der Waals surface area contributed by atoms with Gasteiger partial charge in [-0.25, -0.2) is 4.79 Å². The number of nitrogens with one attached hydrogen (secondary N) is 2. The number of urea groups is 1. The minimum Gasteiger partial charge on any atom is -0.454 e. The van der Waals surface area contributed by atoms with Crippen molar-refractivity contribution in [1.82, 2.24) is 0 Å². The highest BCUT2D eigenvalue weighted by molar-refractivity contribution is 6.30. The summed E-state index contributed by atoms with van der Waals surface area (Å²) in [6, 6.07) is 22.5. The second kappa shape index (κ2) is 8.02. The molecule has 1 heterocycles. The third-order valence-corrected chi connectivity index (χ3v) is 4.99. The van der Waals surface area contributed by atoms with E-state index in [9.17, 15) is 4.79 Å². The molecule has 2 amide bonds. The van der Waals surface area contributed by atoms with Gasteiger partial charge in [0.15, 0.2) is 5.58 Å². The normalized spacial score (nSPS) is 11.0. The molecule has 0 fully saturated rings. The molecule has 0 spiro atoms. The van der Waals surface area contributed by atoms with Crippen molar-refractivity contribution in [1.29, 1.82) is 0 Å². The van der Waals surface area contributed by atoms with Crippen LogP contribution in [0.2, 0.25) is 5.02 Å². The van der Waals surface area contributed by atoms with E-state index in [0.29, 0.717) is 27.9 Å². The lowest BCUT2D eigenvalue weighted by Gasteiger charge is -2.10. The molecule has 4 rings (SSSR count). The number of anilines is 2. The highest BCUT2D eigenvalue weighted by Gasteiger charge is 2.15. The van der Waals surface area contributed by atoms with E-state index < -0.39 is 0 Å². The lowest BCUT2D eigenvalue weighted by molar-refractivity contribution is 0.262. The topological polar surface area (TPSA) is 54.3 Å². The first-order valence-corrected chi connectivity index (χ1v) is 9.84. The van der Waals surface area contributed by atoms with Gasteiger partial charge in [-0.2, -0.15) is 0 Å². The van der Waals surface area contributed by atoms with Gasteiger partial charge in [-0.1, -0.05) is 61.8 Å². The van der Waals surface area contributed by atoms with Gasteiger partial charge in [-0.05, 0) is 47.9 Å². The van der Waals surface area contributed by atoms with Crippen molar-refractivity contribution < 1.29 is 9.21 Å². The van der Waals surface area contributed by atoms with Crippen LogP contribution in [0.1, 0.15) is 25.3 Å². The summed E-state index contributed by atoms with van der Waals surface area (Å²) in [6.07, 6.45) is 0. The Bertz CT molecular complexity index is 1160. The summed E-state index contributed by atoms with van der Waals surface area (Å²) < 4.78 is 6.18. The van der Waals surface area contributed by atoms with Crippen molar-refractivity contribution in [3.8, 4) is 11.3 Å². The van der Waals surface area contributed by atoms with Gasteiger partial charge >= 0.3 is 6.03 Å². The van der Waals surface area contributed by atoms with Crippen LogP contribution in [0.25, 0.3) is 22.3 Å². The van der Waals surface area contributed by atoms with Crippen molar-refractivity contribution in [2.75, 3.05) is 10.6 Å². The largest absolute Gasteiger partial charge is 0.454 e.